The van der Waals surface area contributed by atoms with Crippen LogP contribution in [0.2, 0.25) is 0 Å². The molecule has 0 bridgehead atoms. The Bertz CT molecular complexity index is 921. The molecule has 0 aliphatic rings. The predicted octanol–water partition coefficient (Wildman–Crippen LogP) is 2.57. The lowest BCUT2D eigenvalue weighted by Crippen LogP contribution is -2.20. The van der Waals surface area contributed by atoms with Crippen LogP contribution in [-0.2, 0) is 11.8 Å². The molecule has 0 spiro atoms. The molecular weight excluding hydrogens is 312 g/mol. The maximum Gasteiger partial charge on any atom is 0.281 e. The number of nitrogens with one attached hydrogen (secondary N) is 1. The number of anilines is 1. The van der Waals surface area contributed by atoms with Gasteiger partial charge in [-0.15, -0.1) is 11.3 Å². The van der Waals surface area contributed by atoms with Crippen molar-refractivity contribution >= 4 is 22.4 Å². The molecule has 6 nitrogen and oxygen atoms in total. The van der Waals surface area contributed by atoms with Gasteiger partial charge in [0.05, 0.1) is 16.9 Å². The van der Waals surface area contributed by atoms with Crippen molar-refractivity contribution in [3.63, 3.8) is 0 Å². The van der Waals surface area contributed by atoms with Gasteiger partial charge in [-0.1, -0.05) is 18.2 Å². The first kappa shape index (κ1) is 15.2. The molecule has 2 heterocycles. The van der Waals surface area contributed by atoms with Crippen LogP contribution in [0.3, 0.4) is 0 Å². The number of para-hydroxylation sites is 1. The van der Waals surface area contributed by atoms with Gasteiger partial charge in [0.25, 0.3) is 5.56 Å². The Morgan fingerprint density at radius 1 is 1.26 bits per heavy atom. The number of thiazole rings is 1. The molecule has 0 aliphatic carbocycles. The fourth-order valence-electron chi connectivity index (χ4n) is 2.46. The van der Waals surface area contributed by atoms with Gasteiger partial charge in [-0.2, -0.15) is 0 Å². The minimum atomic E-state index is -0.183. The Morgan fingerprint density at radius 2 is 1.96 bits per heavy atom. The molecule has 1 amide bonds. The zero-order chi connectivity index (χ0) is 16.6. The number of rotatable bonds is 3. The smallest absolute Gasteiger partial charge is 0.281 e. The van der Waals surface area contributed by atoms with Crippen LogP contribution in [0.15, 0.2) is 40.5 Å². The molecule has 3 aromatic rings. The maximum absolute atomic E-state index is 12.9. The van der Waals surface area contributed by atoms with Gasteiger partial charge in [0, 0.05) is 25.0 Å². The van der Waals surface area contributed by atoms with Gasteiger partial charge >= 0.3 is 0 Å². The lowest BCUT2D eigenvalue weighted by molar-refractivity contribution is -0.114. The average molecular weight is 328 g/mol. The maximum atomic E-state index is 12.9. The Kier molecular flexibility index (Phi) is 3.87. The van der Waals surface area contributed by atoms with Crippen molar-refractivity contribution in [3.05, 3.63) is 51.8 Å². The number of carbonyl (C=O) groups is 1. The van der Waals surface area contributed by atoms with Crippen LogP contribution in [0.25, 0.3) is 16.9 Å². The molecule has 23 heavy (non-hydrogen) atoms. The minimum absolute atomic E-state index is 0.129. The molecule has 0 atom stereocenters. The fraction of sp³-hybridized carbons (Fsp3) is 0.188. The number of aromatic nitrogens is 3. The van der Waals surface area contributed by atoms with E-state index in [1.165, 1.54) is 18.3 Å². The molecule has 1 aromatic carbocycles. The second kappa shape index (κ2) is 5.85. The highest BCUT2D eigenvalue weighted by molar-refractivity contribution is 7.14. The van der Waals surface area contributed by atoms with Crippen molar-refractivity contribution in [2.45, 2.75) is 13.8 Å². The molecule has 0 fully saturated rings. The summed E-state index contributed by atoms with van der Waals surface area (Å²) >= 11 is 1.30. The molecule has 3 rings (SSSR count). The lowest BCUT2D eigenvalue weighted by Gasteiger charge is -2.07. The second-order valence-electron chi connectivity index (χ2n) is 5.16. The lowest BCUT2D eigenvalue weighted by atomic mass is 10.2. The van der Waals surface area contributed by atoms with Gasteiger partial charge in [0.15, 0.2) is 5.13 Å². The van der Waals surface area contributed by atoms with Crippen LogP contribution in [0, 0.1) is 6.92 Å². The summed E-state index contributed by atoms with van der Waals surface area (Å²) in [5.74, 6) is -0.183. The molecule has 7 heteroatoms. The van der Waals surface area contributed by atoms with Gasteiger partial charge in [0.1, 0.15) is 0 Å². The van der Waals surface area contributed by atoms with Crippen LogP contribution >= 0.6 is 11.3 Å². The van der Waals surface area contributed by atoms with Crippen LogP contribution < -0.4 is 10.9 Å². The van der Waals surface area contributed by atoms with Crippen molar-refractivity contribution in [2.75, 3.05) is 5.32 Å². The van der Waals surface area contributed by atoms with Crippen molar-refractivity contribution < 1.29 is 4.79 Å². The van der Waals surface area contributed by atoms with E-state index in [0.29, 0.717) is 16.4 Å². The highest BCUT2D eigenvalue weighted by Gasteiger charge is 2.19. The second-order valence-corrected chi connectivity index (χ2v) is 6.01. The molecule has 0 saturated heterocycles. The summed E-state index contributed by atoms with van der Waals surface area (Å²) in [6.45, 7) is 3.31. The van der Waals surface area contributed by atoms with Crippen LogP contribution in [0.5, 0.6) is 0 Å². The zero-order valence-electron chi connectivity index (χ0n) is 13.0. The molecule has 0 aliphatic heterocycles. The van der Waals surface area contributed by atoms with Gasteiger partial charge in [-0.05, 0) is 19.1 Å². The van der Waals surface area contributed by atoms with Crippen LogP contribution in [0.1, 0.15) is 12.6 Å². The molecule has 118 valence electrons. The molecule has 1 N–H and O–H groups in total. The van der Waals surface area contributed by atoms with Crippen molar-refractivity contribution in [2.24, 2.45) is 7.05 Å². The molecule has 2 aromatic heterocycles. The van der Waals surface area contributed by atoms with Gasteiger partial charge < -0.3 is 5.32 Å². The zero-order valence-corrected chi connectivity index (χ0v) is 13.8. The van der Waals surface area contributed by atoms with E-state index in [4.69, 9.17) is 0 Å². The topological polar surface area (TPSA) is 68.9 Å². The predicted molar refractivity (Wildman–Crippen MR) is 91.2 cm³/mol. The Balaban J connectivity index is 2.13. The summed E-state index contributed by atoms with van der Waals surface area (Å²) in [6, 6.07) is 9.46. The van der Waals surface area contributed by atoms with Crippen LogP contribution in [0.4, 0.5) is 5.13 Å². The standard InChI is InChI=1S/C16H16N4O2S/c1-10-14(13-9-23-16(18-13)17-11(2)21)15(22)20(19(10)3)12-7-5-4-6-8-12/h4-9H,1-3H3,(H,17,18,21). The van der Waals surface area contributed by atoms with Gasteiger partial charge in [-0.25, -0.2) is 9.67 Å². The number of hydrogen-bond acceptors (Lipinski definition) is 4. The first-order valence-electron chi connectivity index (χ1n) is 7.06. The molecule has 0 radical (unpaired) electrons. The molecule has 0 saturated carbocycles. The number of hydrogen-bond donors (Lipinski definition) is 1. The third kappa shape index (κ3) is 2.70. The SMILES string of the molecule is CC(=O)Nc1nc(-c2c(C)n(C)n(-c3ccccc3)c2=O)cs1. The quantitative estimate of drug-likeness (QED) is 0.803. The first-order chi connectivity index (χ1) is 11.0. The van der Waals surface area contributed by atoms with E-state index in [9.17, 15) is 9.59 Å². The van der Waals surface area contributed by atoms with Gasteiger partial charge in [-0.3, -0.25) is 14.3 Å². The number of benzene rings is 1. The summed E-state index contributed by atoms with van der Waals surface area (Å²) in [5.41, 5.74) is 2.61. The summed E-state index contributed by atoms with van der Waals surface area (Å²) in [7, 11) is 1.84. The Labute approximate surface area is 137 Å². The fourth-order valence-corrected chi connectivity index (χ4v) is 3.21. The molecule has 0 unspecified atom stereocenters. The average Bonchev–Trinajstić information content (AvgIpc) is 3.03. The monoisotopic (exact) mass is 328 g/mol. The van der Waals surface area contributed by atoms with E-state index >= 15 is 0 Å². The third-order valence-corrected chi connectivity index (χ3v) is 4.36. The van der Waals surface area contributed by atoms with E-state index in [1.54, 1.807) is 10.1 Å². The number of nitrogens with zero attached hydrogens (tertiary/aromatic N) is 3. The highest BCUT2D eigenvalue weighted by Crippen LogP contribution is 2.26. The Hall–Kier alpha value is -2.67. The summed E-state index contributed by atoms with van der Waals surface area (Å²) < 4.78 is 3.42. The summed E-state index contributed by atoms with van der Waals surface area (Å²) in [6.07, 6.45) is 0. The Morgan fingerprint density at radius 3 is 2.61 bits per heavy atom. The van der Waals surface area contributed by atoms with E-state index in [2.05, 4.69) is 10.3 Å². The minimum Gasteiger partial charge on any atom is -0.302 e. The van der Waals surface area contributed by atoms with Gasteiger partial charge in [0.2, 0.25) is 5.91 Å². The van der Waals surface area contributed by atoms with Crippen molar-refractivity contribution in [1.82, 2.24) is 14.3 Å². The van der Waals surface area contributed by atoms with Crippen molar-refractivity contribution in [3.8, 4) is 16.9 Å². The first-order valence-corrected chi connectivity index (χ1v) is 7.94. The largest absolute Gasteiger partial charge is 0.302 e. The van der Waals surface area contributed by atoms with Crippen molar-refractivity contribution in [1.29, 1.82) is 0 Å². The van der Waals surface area contributed by atoms with E-state index in [1.807, 2.05) is 49.0 Å². The number of carbonyl (C=O) groups excluding carboxylic acids is 1. The highest BCUT2D eigenvalue weighted by atomic mass is 32.1. The molecular formula is C16H16N4O2S. The normalized spacial score (nSPS) is 10.7. The third-order valence-electron chi connectivity index (χ3n) is 3.60. The summed E-state index contributed by atoms with van der Waals surface area (Å²) in [4.78, 5) is 28.3. The van der Waals surface area contributed by atoms with E-state index in [0.717, 1.165) is 11.4 Å². The van der Waals surface area contributed by atoms with Crippen LogP contribution in [-0.4, -0.2) is 20.3 Å². The van der Waals surface area contributed by atoms with E-state index in [-0.39, 0.29) is 11.5 Å². The van der Waals surface area contributed by atoms with E-state index < -0.39 is 0 Å². The number of amides is 1. The summed E-state index contributed by atoms with van der Waals surface area (Å²) in [5, 5.41) is 4.91.